The molecule has 3 saturated carbocycles. The van der Waals surface area contributed by atoms with Crippen LogP contribution in [0.5, 0.6) is 0 Å². The van der Waals surface area contributed by atoms with Crippen molar-refractivity contribution < 1.29 is 20.3 Å². The molecule has 112 valence electrons. The molecule has 3 aliphatic rings. The van der Waals surface area contributed by atoms with Crippen molar-refractivity contribution in [3.8, 4) is 0 Å². The highest BCUT2D eigenvalue weighted by molar-refractivity contribution is 6.41. The molecule has 0 aromatic heterocycles. The molecule has 0 amide bonds. The Kier molecular flexibility index (Phi) is 4.78. The molecule has 0 radical (unpaired) electrons. The molecule has 3 atom stereocenters. The van der Waals surface area contributed by atoms with Crippen LogP contribution in [0.2, 0.25) is 6.32 Å². The minimum Gasteiger partial charge on any atom is -0.427 e. The highest BCUT2D eigenvalue weighted by Crippen LogP contribution is 2.65. The van der Waals surface area contributed by atoms with E-state index in [-0.39, 0.29) is 5.41 Å². The molecule has 0 saturated heterocycles. The minimum absolute atomic E-state index is 0.0885. The van der Waals surface area contributed by atoms with Crippen molar-refractivity contribution in [1.82, 2.24) is 0 Å². The first-order valence-electron chi connectivity index (χ1n) is 7.25. The molecular weight excluding hydrogens is 243 g/mol. The third kappa shape index (κ3) is 2.99. The second kappa shape index (κ2) is 5.36. The lowest BCUT2D eigenvalue weighted by atomic mass is 9.41. The Morgan fingerprint density at radius 2 is 1.68 bits per heavy atom. The monoisotopic (exact) mass is 272 g/mol. The number of hydrogen-bond donors (Lipinski definition) is 4. The lowest BCUT2D eigenvalue weighted by Crippen LogP contribution is -2.74. The summed E-state index contributed by atoms with van der Waals surface area (Å²) in [5.41, 5.74) is -1.79. The number of rotatable bonds is 2. The normalized spacial score (nSPS) is 39.2. The Bertz CT molecular complexity index is 299. The molecule has 2 bridgehead atoms. The lowest BCUT2D eigenvalue weighted by Gasteiger charge is -2.68. The van der Waals surface area contributed by atoms with E-state index in [0.717, 1.165) is 19.3 Å². The van der Waals surface area contributed by atoms with Crippen molar-refractivity contribution in [2.24, 2.45) is 17.3 Å². The van der Waals surface area contributed by atoms with Crippen LogP contribution in [0.4, 0.5) is 0 Å². The van der Waals surface area contributed by atoms with E-state index in [0.29, 0.717) is 18.2 Å². The van der Waals surface area contributed by atoms with E-state index in [1.807, 2.05) is 13.8 Å². The average molecular weight is 272 g/mol. The van der Waals surface area contributed by atoms with Gasteiger partial charge in [-0.3, -0.25) is 0 Å². The van der Waals surface area contributed by atoms with Gasteiger partial charge in [0.05, 0.1) is 11.2 Å². The van der Waals surface area contributed by atoms with Crippen molar-refractivity contribution in [3.05, 3.63) is 0 Å². The first kappa shape index (κ1) is 17.0. The number of aliphatic hydroxyl groups is 2. The van der Waals surface area contributed by atoms with Crippen LogP contribution in [-0.2, 0) is 0 Å². The van der Waals surface area contributed by atoms with Gasteiger partial charge in [-0.05, 0) is 49.8 Å². The smallest absolute Gasteiger partial charge is 0.427 e. The third-order valence-electron chi connectivity index (χ3n) is 5.18. The van der Waals surface area contributed by atoms with E-state index in [9.17, 15) is 10.2 Å². The Morgan fingerprint density at radius 1 is 1.16 bits per heavy atom. The molecule has 19 heavy (non-hydrogen) atoms. The highest BCUT2D eigenvalue weighted by Gasteiger charge is 2.69. The second-order valence-electron chi connectivity index (χ2n) is 7.41. The Balaban J connectivity index is 0.000000224. The van der Waals surface area contributed by atoms with Crippen LogP contribution >= 0.6 is 0 Å². The van der Waals surface area contributed by atoms with Crippen LogP contribution in [0.3, 0.4) is 0 Å². The fourth-order valence-electron chi connectivity index (χ4n) is 3.54. The fraction of sp³-hybridized carbons (Fsp3) is 1.00. The Morgan fingerprint density at radius 3 is 1.89 bits per heavy atom. The van der Waals surface area contributed by atoms with E-state index in [1.165, 1.54) is 0 Å². The van der Waals surface area contributed by atoms with Gasteiger partial charge in [0.1, 0.15) is 0 Å². The predicted molar refractivity (Wildman–Crippen MR) is 76.5 cm³/mol. The maximum absolute atomic E-state index is 10.2. The average Bonchev–Trinajstić information content (AvgIpc) is 2.20. The van der Waals surface area contributed by atoms with Crippen LogP contribution in [0.25, 0.3) is 0 Å². The molecule has 5 heteroatoms. The molecule has 0 aromatic carbocycles. The molecule has 4 nitrogen and oxygen atoms in total. The summed E-state index contributed by atoms with van der Waals surface area (Å²) in [4.78, 5) is 0. The Labute approximate surface area is 117 Å². The fourth-order valence-corrected chi connectivity index (χ4v) is 3.54. The summed E-state index contributed by atoms with van der Waals surface area (Å²) >= 11 is 0. The zero-order valence-corrected chi connectivity index (χ0v) is 12.8. The van der Waals surface area contributed by atoms with Crippen molar-refractivity contribution in [1.29, 1.82) is 0 Å². The van der Waals surface area contributed by atoms with Crippen LogP contribution in [-0.4, -0.2) is 38.6 Å². The van der Waals surface area contributed by atoms with Crippen molar-refractivity contribution >= 4 is 7.12 Å². The lowest BCUT2D eigenvalue weighted by molar-refractivity contribution is -0.312. The number of fused-ring (bicyclic) bond motifs is 2. The maximum Gasteiger partial charge on any atom is 0.451 e. The molecule has 4 N–H and O–H groups in total. The van der Waals surface area contributed by atoms with Gasteiger partial charge in [-0.25, -0.2) is 0 Å². The minimum atomic E-state index is -1.13. The van der Waals surface area contributed by atoms with Gasteiger partial charge in [0.2, 0.25) is 0 Å². The molecule has 0 aromatic rings. The van der Waals surface area contributed by atoms with E-state index >= 15 is 0 Å². The summed E-state index contributed by atoms with van der Waals surface area (Å²) in [5, 5.41) is 36.8. The molecule has 0 aliphatic heterocycles. The molecule has 2 unspecified atom stereocenters. The van der Waals surface area contributed by atoms with Gasteiger partial charge in [-0.1, -0.05) is 27.7 Å². The van der Waals surface area contributed by atoms with E-state index < -0.39 is 18.3 Å². The Hall–Kier alpha value is -0.0951. The molecule has 0 heterocycles. The molecular formula is C14H29BO4. The standard InChI is InChI=1S/C10H18O2.C4H11BO2/c1-8(2)7-4-5-9(3,11)10(8,12)6-7;1-4(2)3-5(6)7/h7,11-12H,4-6H2,1-3H3;4,6-7H,3H2,1-2H3/t7?,9?,10-;/m0./s1. The van der Waals surface area contributed by atoms with Crippen molar-refractivity contribution in [2.75, 3.05) is 0 Å². The quantitative estimate of drug-likeness (QED) is 0.573. The van der Waals surface area contributed by atoms with E-state index in [1.54, 1.807) is 6.92 Å². The largest absolute Gasteiger partial charge is 0.451 e. The van der Waals surface area contributed by atoms with Gasteiger partial charge >= 0.3 is 7.12 Å². The summed E-state index contributed by atoms with van der Waals surface area (Å²) in [7, 11) is -1.13. The SMILES string of the molecule is CC(C)CB(O)O.CC1(O)CCC2C[C@]1(O)C2(C)C. The molecule has 3 aliphatic carbocycles. The van der Waals surface area contributed by atoms with Gasteiger partial charge in [0.25, 0.3) is 0 Å². The summed E-state index contributed by atoms with van der Waals surface area (Å²) < 4.78 is 0. The molecule has 0 spiro atoms. The zero-order valence-electron chi connectivity index (χ0n) is 12.8. The zero-order chi connectivity index (χ0) is 15.1. The van der Waals surface area contributed by atoms with Gasteiger partial charge in [-0.2, -0.15) is 0 Å². The summed E-state index contributed by atoms with van der Waals surface area (Å²) in [5.74, 6) is 0.989. The summed E-state index contributed by atoms with van der Waals surface area (Å²) in [6.07, 6.45) is 3.06. The maximum atomic E-state index is 10.2. The van der Waals surface area contributed by atoms with E-state index in [4.69, 9.17) is 10.0 Å². The van der Waals surface area contributed by atoms with Crippen molar-refractivity contribution in [3.63, 3.8) is 0 Å². The van der Waals surface area contributed by atoms with Gasteiger partial charge in [0, 0.05) is 0 Å². The second-order valence-corrected chi connectivity index (χ2v) is 7.41. The van der Waals surface area contributed by atoms with Crippen LogP contribution in [0.15, 0.2) is 0 Å². The molecule has 3 rings (SSSR count). The van der Waals surface area contributed by atoms with Crippen LogP contribution in [0, 0.1) is 17.3 Å². The van der Waals surface area contributed by atoms with Crippen LogP contribution < -0.4 is 0 Å². The summed E-state index contributed by atoms with van der Waals surface area (Å²) in [6, 6.07) is 0. The molecule has 3 fully saturated rings. The van der Waals surface area contributed by atoms with Gasteiger partial charge in [0.15, 0.2) is 0 Å². The van der Waals surface area contributed by atoms with Crippen molar-refractivity contribution in [2.45, 2.75) is 71.4 Å². The first-order valence-corrected chi connectivity index (χ1v) is 7.25. The topological polar surface area (TPSA) is 80.9 Å². The predicted octanol–water partition coefficient (Wildman–Crippen LogP) is 1.42. The van der Waals surface area contributed by atoms with Gasteiger partial charge in [-0.15, -0.1) is 0 Å². The summed E-state index contributed by atoms with van der Waals surface area (Å²) in [6.45, 7) is 9.78. The van der Waals surface area contributed by atoms with E-state index in [2.05, 4.69) is 13.8 Å². The highest BCUT2D eigenvalue weighted by atomic mass is 16.4. The number of hydrogen-bond acceptors (Lipinski definition) is 4. The van der Waals surface area contributed by atoms with Crippen LogP contribution in [0.1, 0.15) is 53.9 Å². The first-order chi connectivity index (χ1) is 8.44. The third-order valence-corrected chi connectivity index (χ3v) is 5.18. The van der Waals surface area contributed by atoms with Gasteiger partial charge < -0.3 is 20.3 Å².